The smallest absolute Gasteiger partial charge is 0.335 e. The highest BCUT2D eigenvalue weighted by Crippen LogP contribution is 2.39. The van der Waals surface area contributed by atoms with Crippen LogP contribution >= 0.6 is 15.9 Å². The van der Waals surface area contributed by atoms with Crippen molar-refractivity contribution in [2.24, 2.45) is 0 Å². The molecule has 0 radical (unpaired) electrons. The highest BCUT2D eigenvalue weighted by molar-refractivity contribution is 9.10. The number of ether oxygens (including phenoxy) is 1. The van der Waals surface area contributed by atoms with E-state index in [1.807, 2.05) is 0 Å². The monoisotopic (exact) mass is 306 g/mol. The van der Waals surface area contributed by atoms with Crippen molar-refractivity contribution in [2.75, 3.05) is 7.11 Å². The average molecular weight is 307 g/mol. The summed E-state index contributed by atoms with van der Waals surface area (Å²) in [7, 11) is 1.31. The van der Waals surface area contributed by atoms with Crippen molar-refractivity contribution in [2.45, 2.75) is 12.2 Å². The number of aliphatic carboxylic acids is 1. The fraction of sp³-hybridized carbons (Fsp3) is 0.300. The van der Waals surface area contributed by atoms with E-state index in [1.54, 1.807) is 0 Å². The van der Waals surface area contributed by atoms with Crippen LogP contribution in [-0.2, 0) is 4.79 Å². The Balaban J connectivity index is 3.25. The van der Waals surface area contributed by atoms with Gasteiger partial charge in [0.15, 0.2) is 17.6 Å². The highest BCUT2D eigenvalue weighted by atomic mass is 79.9. The van der Waals surface area contributed by atoms with Gasteiger partial charge in [-0.2, -0.15) is 0 Å². The zero-order valence-electron chi connectivity index (χ0n) is 8.79. The van der Waals surface area contributed by atoms with Gasteiger partial charge >= 0.3 is 5.97 Å². The molecule has 0 heterocycles. The van der Waals surface area contributed by atoms with Gasteiger partial charge in [-0.05, 0) is 12.1 Å². The van der Waals surface area contributed by atoms with Gasteiger partial charge in [0.1, 0.15) is 6.10 Å². The van der Waals surface area contributed by atoms with E-state index in [4.69, 9.17) is 9.84 Å². The van der Waals surface area contributed by atoms with Crippen LogP contribution in [-0.4, -0.2) is 39.6 Å². The van der Waals surface area contributed by atoms with Gasteiger partial charge in [-0.15, -0.1) is 0 Å². The van der Waals surface area contributed by atoms with Crippen molar-refractivity contribution in [3.8, 4) is 11.5 Å². The van der Waals surface area contributed by atoms with Gasteiger partial charge in [-0.3, -0.25) is 0 Å². The number of methoxy groups -OCH3 is 1. The van der Waals surface area contributed by atoms with E-state index >= 15 is 0 Å². The van der Waals surface area contributed by atoms with Crippen molar-refractivity contribution in [3.63, 3.8) is 0 Å². The molecule has 0 saturated carbocycles. The molecule has 7 heteroatoms. The summed E-state index contributed by atoms with van der Waals surface area (Å²) in [4.78, 5) is 10.6. The Hall–Kier alpha value is -1.31. The summed E-state index contributed by atoms with van der Waals surface area (Å²) in [6, 6.07) is 2.90. The molecular formula is C10H11BrO6. The molecule has 1 aromatic rings. The van der Waals surface area contributed by atoms with Crippen molar-refractivity contribution in [1.82, 2.24) is 0 Å². The maximum Gasteiger partial charge on any atom is 0.335 e. The SMILES string of the molecule is COc1ccc(Br)c(C(O)C(O)C(=O)O)c1O. The van der Waals surface area contributed by atoms with Gasteiger partial charge in [0.2, 0.25) is 0 Å². The molecule has 0 amide bonds. The Morgan fingerprint density at radius 1 is 1.41 bits per heavy atom. The normalized spacial score (nSPS) is 14.1. The summed E-state index contributed by atoms with van der Waals surface area (Å²) < 4.78 is 5.09. The highest BCUT2D eigenvalue weighted by Gasteiger charge is 2.30. The topological polar surface area (TPSA) is 107 Å². The third-order valence-electron chi connectivity index (χ3n) is 2.19. The molecule has 1 aromatic carbocycles. The predicted octanol–water partition coefficient (Wildman–Crippen LogP) is 0.642. The number of phenolic OH excluding ortho intramolecular Hbond substituents is 1. The maximum absolute atomic E-state index is 10.6. The molecule has 0 aliphatic heterocycles. The average Bonchev–Trinajstić information content (AvgIpc) is 2.28. The van der Waals surface area contributed by atoms with Crippen LogP contribution in [0.15, 0.2) is 16.6 Å². The second-order valence-corrected chi connectivity index (χ2v) is 4.09. The number of phenols is 1. The molecule has 0 fully saturated rings. The van der Waals surface area contributed by atoms with E-state index in [0.717, 1.165) is 0 Å². The van der Waals surface area contributed by atoms with Crippen molar-refractivity contribution < 1.29 is 30.0 Å². The molecule has 0 aliphatic rings. The van der Waals surface area contributed by atoms with Gasteiger partial charge in [-0.25, -0.2) is 4.79 Å². The summed E-state index contributed by atoms with van der Waals surface area (Å²) in [5, 5.41) is 37.2. The van der Waals surface area contributed by atoms with Crippen molar-refractivity contribution >= 4 is 21.9 Å². The van der Waals surface area contributed by atoms with Gasteiger partial charge < -0.3 is 25.2 Å². The number of carboxylic acids is 1. The van der Waals surface area contributed by atoms with Gasteiger partial charge in [0.05, 0.1) is 7.11 Å². The second kappa shape index (κ2) is 5.35. The molecule has 1 rings (SSSR count). The van der Waals surface area contributed by atoms with E-state index in [1.165, 1.54) is 19.2 Å². The molecule has 0 aromatic heterocycles. The number of carbonyl (C=O) groups is 1. The molecule has 94 valence electrons. The number of rotatable bonds is 4. The second-order valence-electron chi connectivity index (χ2n) is 3.24. The Morgan fingerprint density at radius 2 is 2.00 bits per heavy atom. The quantitative estimate of drug-likeness (QED) is 0.650. The van der Waals surface area contributed by atoms with Crippen LogP contribution in [0.25, 0.3) is 0 Å². The number of halogens is 1. The van der Waals surface area contributed by atoms with Crippen LogP contribution < -0.4 is 4.74 Å². The summed E-state index contributed by atoms with van der Waals surface area (Å²) in [6.07, 6.45) is -3.80. The molecule has 6 nitrogen and oxygen atoms in total. The van der Waals surface area contributed by atoms with Gasteiger partial charge in [0, 0.05) is 10.0 Å². The molecular weight excluding hydrogens is 296 g/mol. The molecule has 17 heavy (non-hydrogen) atoms. The lowest BCUT2D eigenvalue weighted by atomic mass is 10.0. The molecule has 4 N–H and O–H groups in total. The summed E-state index contributed by atoms with van der Waals surface area (Å²) in [5.41, 5.74) is -0.140. The Labute approximate surface area is 105 Å². The summed E-state index contributed by atoms with van der Waals surface area (Å²) in [5.74, 6) is -1.94. The van der Waals surface area contributed by atoms with E-state index in [9.17, 15) is 20.1 Å². The van der Waals surface area contributed by atoms with Gasteiger partial charge in [-0.1, -0.05) is 15.9 Å². The lowest BCUT2D eigenvalue weighted by molar-refractivity contribution is -0.153. The Morgan fingerprint density at radius 3 is 2.47 bits per heavy atom. The standard InChI is InChI=1S/C10H11BrO6/c1-17-5-3-2-4(11)6(7(5)12)8(13)9(14)10(15)16/h2-3,8-9,12-14H,1H3,(H,15,16). The van der Waals surface area contributed by atoms with Crippen molar-refractivity contribution in [1.29, 1.82) is 0 Å². The first-order valence-electron chi connectivity index (χ1n) is 4.54. The lowest BCUT2D eigenvalue weighted by Gasteiger charge is -2.18. The number of aliphatic hydroxyl groups is 2. The minimum Gasteiger partial charge on any atom is -0.504 e. The van der Waals surface area contributed by atoms with E-state index in [0.29, 0.717) is 0 Å². The molecule has 0 saturated heterocycles. The number of aliphatic hydroxyl groups excluding tert-OH is 2. The third kappa shape index (κ3) is 2.68. The van der Waals surface area contributed by atoms with E-state index < -0.39 is 23.9 Å². The van der Waals surface area contributed by atoms with Crippen LogP contribution in [0, 0.1) is 0 Å². The molecule has 0 bridgehead atoms. The largest absolute Gasteiger partial charge is 0.504 e. The summed E-state index contributed by atoms with van der Waals surface area (Å²) >= 11 is 3.05. The number of hydrogen-bond donors (Lipinski definition) is 4. The zero-order valence-corrected chi connectivity index (χ0v) is 10.4. The first-order chi connectivity index (χ1) is 7.90. The Kier molecular flexibility index (Phi) is 4.33. The maximum atomic E-state index is 10.6. The Bertz CT molecular complexity index is 433. The zero-order chi connectivity index (χ0) is 13.2. The molecule has 0 spiro atoms. The minimum absolute atomic E-state index is 0.0693. The fourth-order valence-electron chi connectivity index (χ4n) is 1.30. The number of carboxylic acid groups (broad SMARTS) is 1. The van der Waals surface area contributed by atoms with E-state index in [2.05, 4.69) is 15.9 Å². The molecule has 0 aliphatic carbocycles. The number of aromatic hydroxyl groups is 1. The summed E-state index contributed by atoms with van der Waals surface area (Å²) in [6.45, 7) is 0. The van der Waals surface area contributed by atoms with Crippen LogP contribution in [0.1, 0.15) is 11.7 Å². The molecule has 2 unspecified atom stereocenters. The first kappa shape index (κ1) is 13.8. The first-order valence-corrected chi connectivity index (χ1v) is 5.33. The number of hydrogen-bond acceptors (Lipinski definition) is 5. The molecule has 2 atom stereocenters. The van der Waals surface area contributed by atoms with Crippen LogP contribution in [0.5, 0.6) is 11.5 Å². The minimum atomic E-state index is -2.04. The van der Waals surface area contributed by atoms with Crippen LogP contribution in [0.2, 0.25) is 0 Å². The van der Waals surface area contributed by atoms with Crippen LogP contribution in [0.4, 0.5) is 0 Å². The van der Waals surface area contributed by atoms with Gasteiger partial charge in [0.25, 0.3) is 0 Å². The van der Waals surface area contributed by atoms with E-state index in [-0.39, 0.29) is 15.8 Å². The lowest BCUT2D eigenvalue weighted by Crippen LogP contribution is -2.27. The predicted molar refractivity (Wildman–Crippen MR) is 61.0 cm³/mol. The fourth-order valence-corrected chi connectivity index (χ4v) is 1.86. The number of benzene rings is 1. The van der Waals surface area contributed by atoms with Crippen molar-refractivity contribution in [3.05, 3.63) is 22.2 Å². The third-order valence-corrected chi connectivity index (χ3v) is 2.89. The van der Waals surface area contributed by atoms with Crippen LogP contribution in [0.3, 0.4) is 0 Å².